The molecule has 0 spiro atoms. The molecule has 1 aromatic heterocycles. The maximum atomic E-state index is 12.4. The zero-order valence-electron chi connectivity index (χ0n) is 15.6. The Balaban J connectivity index is 2.59. The average molecular weight is 357 g/mol. The molecular weight excluding hydrogens is 334 g/mol. The minimum absolute atomic E-state index is 0.352. The molecule has 26 heavy (non-hydrogen) atoms. The van der Waals surface area contributed by atoms with Gasteiger partial charge in [0.2, 0.25) is 0 Å². The molecule has 0 bridgehead atoms. The van der Waals surface area contributed by atoms with Gasteiger partial charge >= 0.3 is 11.9 Å². The van der Waals surface area contributed by atoms with Gasteiger partial charge in [-0.25, -0.2) is 4.79 Å². The van der Waals surface area contributed by atoms with Gasteiger partial charge in [-0.3, -0.25) is 9.59 Å². The van der Waals surface area contributed by atoms with E-state index in [9.17, 15) is 19.5 Å². The Morgan fingerprint density at radius 3 is 2.23 bits per heavy atom. The maximum absolute atomic E-state index is 12.4. The van der Waals surface area contributed by atoms with Gasteiger partial charge in [0.1, 0.15) is 17.7 Å². The van der Waals surface area contributed by atoms with Crippen molar-refractivity contribution in [2.45, 2.75) is 46.8 Å². The van der Waals surface area contributed by atoms with Crippen LogP contribution in [0.3, 0.4) is 0 Å². The summed E-state index contributed by atoms with van der Waals surface area (Å²) in [4.78, 5) is 36.1. The number of aromatic carboxylic acids is 1. The number of aromatic nitrogens is 1. The highest BCUT2D eigenvalue weighted by Gasteiger charge is 2.20. The smallest absolute Gasteiger partial charge is 0.341 e. The minimum atomic E-state index is -1.33. The third kappa shape index (κ3) is 4.39. The summed E-state index contributed by atoms with van der Waals surface area (Å²) in [5, 5.41) is 9.39. The highest BCUT2D eigenvalue weighted by molar-refractivity contribution is 5.89. The summed E-state index contributed by atoms with van der Waals surface area (Å²) in [5.74, 6) is -1.93. The van der Waals surface area contributed by atoms with Crippen LogP contribution in [0.15, 0.2) is 35.3 Å². The molecule has 138 valence electrons. The Labute approximate surface area is 152 Å². The van der Waals surface area contributed by atoms with E-state index in [0.717, 1.165) is 21.3 Å². The predicted molar refractivity (Wildman–Crippen MR) is 98.4 cm³/mol. The van der Waals surface area contributed by atoms with Crippen molar-refractivity contribution in [1.82, 2.24) is 4.57 Å². The molecule has 0 amide bonds. The molecule has 0 fully saturated rings. The van der Waals surface area contributed by atoms with Crippen LogP contribution in [0.5, 0.6) is 0 Å². The van der Waals surface area contributed by atoms with Crippen LogP contribution in [-0.2, 0) is 16.1 Å². The lowest BCUT2D eigenvalue weighted by atomic mass is 9.96. The number of carboxylic acid groups (broad SMARTS) is 1. The number of pyridine rings is 1. The van der Waals surface area contributed by atoms with E-state index in [1.165, 1.54) is 12.3 Å². The number of nitrogens with zero attached hydrogens (tertiary/aromatic N) is 1. The number of aryl methyl sites for hydroxylation is 2. The molecule has 0 atom stereocenters. The topological polar surface area (TPSA) is 85.6 Å². The lowest BCUT2D eigenvalue weighted by Crippen LogP contribution is -2.32. The Bertz CT molecular complexity index is 899. The summed E-state index contributed by atoms with van der Waals surface area (Å²) in [5.41, 5.74) is 1.49. The highest BCUT2D eigenvalue weighted by Crippen LogP contribution is 2.27. The molecule has 0 radical (unpaired) electrons. The summed E-state index contributed by atoms with van der Waals surface area (Å²) in [6.07, 6.45) is 1.51. The van der Waals surface area contributed by atoms with Crippen LogP contribution >= 0.6 is 0 Å². The Morgan fingerprint density at radius 1 is 1.15 bits per heavy atom. The fourth-order valence-corrected chi connectivity index (χ4v) is 2.83. The van der Waals surface area contributed by atoms with Crippen LogP contribution in [0.1, 0.15) is 42.3 Å². The van der Waals surface area contributed by atoms with Gasteiger partial charge in [-0.1, -0.05) is 18.2 Å². The molecular formula is C20H23NO5. The number of carbonyl (C=O) groups excluding carboxylic acids is 1. The first-order valence-electron chi connectivity index (χ1n) is 8.26. The van der Waals surface area contributed by atoms with Crippen LogP contribution < -0.4 is 5.56 Å². The lowest BCUT2D eigenvalue weighted by molar-refractivity contribution is -0.155. The van der Waals surface area contributed by atoms with Crippen molar-refractivity contribution in [2.24, 2.45) is 0 Å². The molecule has 0 saturated heterocycles. The fraction of sp³-hybridized carbons (Fsp3) is 0.350. The summed E-state index contributed by atoms with van der Waals surface area (Å²) in [6, 6.07) is 7.08. The van der Waals surface area contributed by atoms with Crippen LogP contribution in [0.4, 0.5) is 0 Å². The molecule has 1 N–H and O–H groups in total. The van der Waals surface area contributed by atoms with E-state index in [-0.39, 0.29) is 12.1 Å². The van der Waals surface area contributed by atoms with E-state index < -0.39 is 23.1 Å². The van der Waals surface area contributed by atoms with Gasteiger partial charge in [-0.05, 0) is 62.9 Å². The van der Waals surface area contributed by atoms with Crippen molar-refractivity contribution in [3.05, 3.63) is 57.5 Å². The third-order valence-corrected chi connectivity index (χ3v) is 3.81. The number of hydrogen-bond donors (Lipinski definition) is 1. The number of esters is 1. The van der Waals surface area contributed by atoms with Crippen LogP contribution in [-0.4, -0.2) is 27.2 Å². The van der Waals surface area contributed by atoms with Gasteiger partial charge in [0, 0.05) is 6.20 Å². The number of rotatable bonds is 4. The normalized spacial score (nSPS) is 11.3. The van der Waals surface area contributed by atoms with Gasteiger partial charge in [-0.2, -0.15) is 0 Å². The Hall–Kier alpha value is -2.89. The molecule has 1 aromatic carbocycles. The van der Waals surface area contributed by atoms with Crippen molar-refractivity contribution >= 4 is 11.9 Å². The molecule has 2 rings (SSSR count). The molecule has 2 aromatic rings. The quantitative estimate of drug-likeness (QED) is 0.850. The van der Waals surface area contributed by atoms with E-state index in [2.05, 4.69) is 0 Å². The standard InChI is InChI=1S/C20H23NO5/c1-12-7-6-8-13(2)17(12)14-9-15(19(24)25)18(23)21(10-14)11-16(22)26-20(3,4)5/h6-10H,11H2,1-5H3,(H,24,25). The van der Waals surface area contributed by atoms with Crippen molar-refractivity contribution in [3.63, 3.8) is 0 Å². The number of benzene rings is 1. The van der Waals surface area contributed by atoms with Gasteiger partial charge in [-0.15, -0.1) is 0 Å². The van der Waals surface area contributed by atoms with E-state index >= 15 is 0 Å². The molecule has 6 nitrogen and oxygen atoms in total. The van der Waals surface area contributed by atoms with Crippen molar-refractivity contribution < 1.29 is 19.4 Å². The molecule has 0 unspecified atom stereocenters. The predicted octanol–water partition coefficient (Wildman–Crippen LogP) is 3.17. The average Bonchev–Trinajstić information content (AvgIpc) is 2.47. The summed E-state index contributed by atoms with van der Waals surface area (Å²) < 4.78 is 6.34. The monoisotopic (exact) mass is 357 g/mol. The highest BCUT2D eigenvalue weighted by atomic mass is 16.6. The van der Waals surface area contributed by atoms with Gasteiger partial charge < -0.3 is 14.4 Å². The van der Waals surface area contributed by atoms with Crippen molar-refractivity contribution in [2.75, 3.05) is 0 Å². The lowest BCUT2D eigenvalue weighted by Gasteiger charge is -2.20. The Kier molecular flexibility index (Phi) is 5.35. The molecule has 1 heterocycles. The maximum Gasteiger partial charge on any atom is 0.341 e. The number of carbonyl (C=O) groups is 2. The van der Waals surface area contributed by atoms with E-state index in [4.69, 9.17) is 4.74 Å². The molecule has 0 aliphatic heterocycles. The first kappa shape index (κ1) is 19.4. The minimum Gasteiger partial charge on any atom is -0.477 e. The Morgan fingerprint density at radius 2 is 1.73 bits per heavy atom. The summed E-state index contributed by atoms with van der Waals surface area (Å²) in [6.45, 7) is 8.64. The number of carboxylic acids is 1. The van der Waals surface area contributed by atoms with E-state index in [1.807, 2.05) is 32.0 Å². The first-order valence-corrected chi connectivity index (χ1v) is 8.26. The fourth-order valence-electron chi connectivity index (χ4n) is 2.83. The van der Waals surface area contributed by atoms with Crippen LogP contribution in [0.2, 0.25) is 0 Å². The SMILES string of the molecule is Cc1cccc(C)c1-c1cc(C(=O)O)c(=O)n(CC(=O)OC(C)(C)C)c1. The second-order valence-corrected chi connectivity index (χ2v) is 7.23. The first-order chi connectivity index (χ1) is 12.0. The zero-order valence-corrected chi connectivity index (χ0v) is 15.6. The second kappa shape index (κ2) is 7.15. The number of ether oxygens (including phenoxy) is 1. The zero-order chi connectivity index (χ0) is 19.6. The second-order valence-electron chi connectivity index (χ2n) is 7.23. The van der Waals surface area contributed by atoms with Crippen molar-refractivity contribution in [3.8, 4) is 11.1 Å². The van der Waals surface area contributed by atoms with Gasteiger partial charge in [0.05, 0.1) is 0 Å². The molecule has 0 aliphatic rings. The largest absolute Gasteiger partial charge is 0.477 e. The van der Waals surface area contributed by atoms with Crippen molar-refractivity contribution in [1.29, 1.82) is 0 Å². The molecule has 0 aliphatic carbocycles. The summed E-state index contributed by atoms with van der Waals surface area (Å²) >= 11 is 0. The molecule has 0 saturated carbocycles. The third-order valence-electron chi connectivity index (χ3n) is 3.81. The molecule has 6 heteroatoms. The number of hydrogen-bond acceptors (Lipinski definition) is 4. The van der Waals surface area contributed by atoms with E-state index in [0.29, 0.717) is 5.56 Å². The van der Waals surface area contributed by atoms with E-state index in [1.54, 1.807) is 20.8 Å². The van der Waals surface area contributed by atoms with Gasteiger partial charge in [0.15, 0.2) is 0 Å². The van der Waals surface area contributed by atoms with Crippen LogP contribution in [0, 0.1) is 13.8 Å². The summed E-state index contributed by atoms with van der Waals surface area (Å²) in [7, 11) is 0. The van der Waals surface area contributed by atoms with Gasteiger partial charge in [0.25, 0.3) is 5.56 Å². The van der Waals surface area contributed by atoms with Crippen LogP contribution in [0.25, 0.3) is 11.1 Å².